The first-order valence-electron chi connectivity index (χ1n) is 6.94. The zero-order valence-electron chi connectivity index (χ0n) is 12.1. The van der Waals surface area contributed by atoms with Crippen LogP contribution in [0.2, 0.25) is 0 Å². The third-order valence-electron chi connectivity index (χ3n) is 3.72. The standard InChI is InChI=1S/C13H16N4O5/c1-2-3-4-10-5-6-11(14-7-10)12(18)15-8-13(9-15,16(19)20)17(21)22/h5-7H,2-4,8-9H2,1H3. The molecule has 0 N–H and O–H groups in total. The van der Waals surface area contributed by atoms with Crippen LogP contribution >= 0.6 is 0 Å². The molecule has 1 aromatic rings. The molecule has 1 aliphatic rings. The average molecular weight is 308 g/mol. The van der Waals surface area contributed by atoms with Gasteiger partial charge in [-0.05, 0) is 24.5 Å². The topological polar surface area (TPSA) is 119 Å². The Morgan fingerprint density at radius 1 is 1.32 bits per heavy atom. The Hall–Kier alpha value is -2.58. The van der Waals surface area contributed by atoms with Gasteiger partial charge in [0.05, 0.1) is 0 Å². The fourth-order valence-corrected chi connectivity index (χ4v) is 2.25. The molecule has 1 aliphatic heterocycles. The van der Waals surface area contributed by atoms with E-state index in [9.17, 15) is 25.0 Å². The van der Waals surface area contributed by atoms with Crippen LogP contribution in [0.15, 0.2) is 18.3 Å². The van der Waals surface area contributed by atoms with E-state index < -0.39 is 34.5 Å². The second-order valence-corrected chi connectivity index (χ2v) is 5.31. The molecular weight excluding hydrogens is 292 g/mol. The quantitative estimate of drug-likeness (QED) is 0.441. The summed E-state index contributed by atoms with van der Waals surface area (Å²) in [5.74, 6) is -0.527. The molecule has 2 heterocycles. The molecule has 0 atom stereocenters. The Labute approximate surface area is 126 Å². The number of hydrogen-bond donors (Lipinski definition) is 0. The van der Waals surface area contributed by atoms with E-state index in [0.29, 0.717) is 0 Å². The van der Waals surface area contributed by atoms with Gasteiger partial charge in [-0.1, -0.05) is 19.4 Å². The van der Waals surface area contributed by atoms with Crippen molar-refractivity contribution in [3.8, 4) is 0 Å². The van der Waals surface area contributed by atoms with Crippen LogP contribution in [-0.4, -0.2) is 44.4 Å². The highest BCUT2D eigenvalue weighted by atomic mass is 16.7. The van der Waals surface area contributed by atoms with Crippen LogP contribution in [0.1, 0.15) is 35.8 Å². The van der Waals surface area contributed by atoms with Gasteiger partial charge >= 0.3 is 5.66 Å². The average Bonchev–Trinajstić information content (AvgIpc) is 2.43. The van der Waals surface area contributed by atoms with Gasteiger partial charge in [0.15, 0.2) is 13.1 Å². The van der Waals surface area contributed by atoms with Crippen molar-refractivity contribution < 1.29 is 14.6 Å². The van der Waals surface area contributed by atoms with Crippen molar-refractivity contribution in [1.29, 1.82) is 0 Å². The Morgan fingerprint density at radius 3 is 2.41 bits per heavy atom. The largest absolute Gasteiger partial charge is 0.492 e. The smallest absolute Gasteiger partial charge is 0.308 e. The molecular formula is C13H16N4O5. The van der Waals surface area contributed by atoms with Gasteiger partial charge in [-0.2, -0.15) is 0 Å². The molecule has 1 fully saturated rings. The van der Waals surface area contributed by atoms with Gasteiger partial charge in [-0.3, -0.25) is 30.0 Å². The monoisotopic (exact) mass is 308 g/mol. The van der Waals surface area contributed by atoms with Crippen molar-refractivity contribution in [3.05, 3.63) is 49.8 Å². The van der Waals surface area contributed by atoms with Crippen LogP contribution < -0.4 is 0 Å². The first kappa shape index (κ1) is 15.8. The van der Waals surface area contributed by atoms with Gasteiger partial charge in [-0.25, -0.2) is 0 Å². The summed E-state index contributed by atoms with van der Waals surface area (Å²) in [7, 11) is 0. The van der Waals surface area contributed by atoms with E-state index >= 15 is 0 Å². The highest BCUT2D eigenvalue weighted by Gasteiger charge is 2.67. The predicted molar refractivity (Wildman–Crippen MR) is 75.5 cm³/mol. The van der Waals surface area contributed by atoms with E-state index in [1.807, 2.05) is 0 Å². The number of carbonyl (C=O) groups excluding carboxylic acids is 1. The summed E-state index contributed by atoms with van der Waals surface area (Å²) in [5, 5.41) is 21.6. The molecule has 0 radical (unpaired) electrons. The normalized spacial score (nSPS) is 16.0. The molecule has 9 heteroatoms. The number of nitro groups is 2. The number of carbonyl (C=O) groups is 1. The third-order valence-corrected chi connectivity index (χ3v) is 3.72. The lowest BCUT2D eigenvalue weighted by molar-refractivity contribution is -0.809. The summed E-state index contributed by atoms with van der Waals surface area (Å²) >= 11 is 0. The van der Waals surface area contributed by atoms with Gasteiger partial charge in [0, 0.05) is 6.20 Å². The number of aryl methyl sites for hydroxylation is 1. The number of hydrogen-bond acceptors (Lipinski definition) is 6. The van der Waals surface area contributed by atoms with E-state index in [1.165, 1.54) is 0 Å². The number of amides is 1. The highest BCUT2D eigenvalue weighted by molar-refractivity contribution is 5.93. The lowest BCUT2D eigenvalue weighted by atomic mass is 10.0. The van der Waals surface area contributed by atoms with Crippen LogP contribution in [0.3, 0.4) is 0 Å². The maximum atomic E-state index is 12.1. The Morgan fingerprint density at radius 2 is 1.95 bits per heavy atom. The minimum atomic E-state index is -2.28. The summed E-state index contributed by atoms with van der Waals surface area (Å²) < 4.78 is 0. The van der Waals surface area contributed by atoms with Gasteiger partial charge < -0.3 is 4.90 Å². The summed E-state index contributed by atoms with van der Waals surface area (Å²) in [6, 6.07) is 3.33. The zero-order valence-corrected chi connectivity index (χ0v) is 12.1. The molecule has 9 nitrogen and oxygen atoms in total. The SMILES string of the molecule is CCCCc1ccc(C(=O)N2CC([N+](=O)[O-])([N+](=O)[O-])C2)nc1. The van der Waals surface area contributed by atoms with E-state index in [2.05, 4.69) is 11.9 Å². The molecule has 0 bridgehead atoms. The van der Waals surface area contributed by atoms with Crippen LogP contribution in [0.25, 0.3) is 0 Å². The lowest BCUT2D eigenvalue weighted by Gasteiger charge is -2.35. The van der Waals surface area contributed by atoms with Gasteiger partial charge in [0.25, 0.3) is 5.91 Å². The van der Waals surface area contributed by atoms with Crippen molar-refractivity contribution in [3.63, 3.8) is 0 Å². The molecule has 1 aromatic heterocycles. The summed E-state index contributed by atoms with van der Waals surface area (Å²) in [5.41, 5.74) is -1.14. The van der Waals surface area contributed by atoms with Crippen molar-refractivity contribution >= 4 is 5.91 Å². The number of nitrogens with zero attached hydrogens (tertiary/aromatic N) is 4. The molecule has 118 valence electrons. The third kappa shape index (κ3) is 2.74. The molecule has 0 aromatic carbocycles. The molecule has 2 rings (SSSR count). The molecule has 0 saturated carbocycles. The van der Waals surface area contributed by atoms with Crippen LogP contribution in [0.4, 0.5) is 0 Å². The van der Waals surface area contributed by atoms with Gasteiger partial charge in [0.2, 0.25) is 0 Å². The van der Waals surface area contributed by atoms with Crippen molar-refractivity contribution in [2.24, 2.45) is 0 Å². The molecule has 0 spiro atoms. The molecule has 1 amide bonds. The minimum absolute atomic E-state index is 0.139. The Kier molecular flexibility index (Phi) is 4.34. The van der Waals surface area contributed by atoms with E-state index in [1.54, 1.807) is 18.3 Å². The van der Waals surface area contributed by atoms with Crippen molar-refractivity contribution in [2.45, 2.75) is 31.8 Å². The van der Waals surface area contributed by atoms with E-state index in [4.69, 9.17) is 0 Å². The number of likely N-dealkylation sites (tertiary alicyclic amines) is 1. The second-order valence-electron chi connectivity index (χ2n) is 5.31. The summed E-state index contributed by atoms with van der Waals surface area (Å²) in [6.07, 6.45) is 4.54. The van der Waals surface area contributed by atoms with Crippen LogP contribution in [-0.2, 0) is 6.42 Å². The Balaban J connectivity index is 2.02. The maximum absolute atomic E-state index is 12.1. The van der Waals surface area contributed by atoms with E-state index in [0.717, 1.165) is 29.7 Å². The van der Waals surface area contributed by atoms with Crippen LogP contribution in [0.5, 0.6) is 0 Å². The Bertz CT molecular complexity index is 579. The van der Waals surface area contributed by atoms with Crippen LogP contribution in [0, 0.1) is 20.2 Å². The lowest BCUT2D eigenvalue weighted by Crippen LogP contribution is -2.71. The fraction of sp³-hybridized carbons (Fsp3) is 0.538. The van der Waals surface area contributed by atoms with E-state index in [-0.39, 0.29) is 5.69 Å². The first-order valence-corrected chi connectivity index (χ1v) is 6.94. The second kappa shape index (κ2) is 6.04. The number of aromatic nitrogens is 1. The molecule has 0 aliphatic carbocycles. The van der Waals surface area contributed by atoms with Gasteiger partial charge in [0.1, 0.15) is 15.5 Å². The molecule has 1 saturated heterocycles. The van der Waals surface area contributed by atoms with Crippen molar-refractivity contribution in [1.82, 2.24) is 9.88 Å². The van der Waals surface area contributed by atoms with Crippen molar-refractivity contribution in [2.75, 3.05) is 13.1 Å². The highest BCUT2D eigenvalue weighted by Crippen LogP contribution is 2.26. The number of pyridine rings is 1. The number of rotatable bonds is 6. The number of unbranched alkanes of at least 4 members (excludes halogenated alkanes) is 1. The first-order chi connectivity index (χ1) is 10.4. The fourth-order valence-electron chi connectivity index (χ4n) is 2.25. The molecule has 22 heavy (non-hydrogen) atoms. The summed E-state index contributed by atoms with van der Waals surface area (Å²) in [6.45, 7) is 1.00. The summed E-state index contributed by atoms with van der Waals surface area (Å²) in [4.78, 5) is 36.9. The molecule has 0 unspecified atom stereocenters. The predicted octanol–water partition coefficient (Wildman–Crippen LogP) is 1.13. The van der Waals surface area contributed by atoms with Gasteiger partial charge in [-0.15, -0.1) is 0 Å². The minimum Gasteiger partial charge on any atom is -0.308 e. The maximum Gasteiger partial charge on any atom is 0.492 e. The zero-order chi connectivity index (χ0) is 16.3.